The first kappa shape index (κ1) is 21.6. The molecular weight excluding hydrogens is 469 g/mol. The largest absolute Gasteiger partial charge is 0.478 e. The number of rotatable bonds is 5. The second-order valence-corrected chi connectivity index (χ2v) is 8.35. The van der Waals surface area contributed by atoms with Crippen LogP contribution in [0.3, 0.4) is 0 Å². The Morgan fingerprint density at radius 2 is 1.97 bits per heavy atom. The third-order valence-electron chi connectivity index (χ3n) is 3.96. The summed E-state index contributed by atoms with van der Waals surface area (Å²) in [6, 6.07) is 5.99. The summed E-state index contributed by atoms with van der Waals surface area (Å²) in [6.07, 6.45) is 2.78. The van der Waals surface area contributed by atoms with Gasteiger partial charge in [0.15, 0.2) is 10.8 Å². The van der Waals surface area contributed by atoms with Crippen LogP contribution in [0.15, 0.2) is 47.6 Å². The van der Waals surface area contributed by atoms with Crippen LogP contribution in [0.2, 0.25) is 0 Å². The molecule has 9 nitrogen and oxygen atoms in total. The number of thiazole rings is 1. The van der Waals surface area contributed by atoms with Gasteiger partial charge in [0.05, 0.1) is 27.7 Å². The maximum atomic E-state index is 12.5. The van der Waals surface area contributed by atoms with E-state index in [4.69, 9.17) is 0 Å². The molecule has 164 valence electrons. The van der Waals surface area contributed by atoms with Crippen molar-refractivity contribution in [3.05, 3.63) is 48.3 Å². The number of pyridine rings is 1. The highest BCUT2D eigenvalue weighted by Crippen LogP contribution is 2.37. The zero-order valence-electron chi connectivity index (χ0n) is 15.6. The van der Waals surface area contributed by atoms with E-state index in [-0.39, 0.29) is 38.7 Å². The van der Waals surface area contributed by atoms with Crippen LogP contribution in [0.4, 0.5) is 28.8 Å². The van der Waals surface area contributed by atoms with Crippen LogP contribution in [-0.2, 0) is 0 Å². The van der Waals surface area contributed by atoms with E-state index >= 15 is 0 Å². The van der Waals surface area contributed by atoms with E-state index in [0.29, 0.717) is 16.0 Å². The number of anilines is 2. The number of fused-ring (bicyclic) bond motifs is 1. The average molecular weight is 480 g/mol. The van der Waals surface area contributed by atoms with Gasteiger partial charge in [0.2, 0.25) is 0 Å². The molecule has 0 unspecified atom stereocenters. The van der Waals surface area contributed by atoms with Crippen molar-refractivity contribution in [2.45, 2.75) is 10.4 Å². The number of thioether (sulfide) groups is 1. The molecule has 0 atom stereocenters. The van der Waals surface area contributed by atoms with Crippen LogP contribution >= 0.6 is 23.1 Å². The normalized spacial score (nSPS) is 11.5. The molecule has 2 amide bonds. The summed E-state index contributed by atoms with van der Waals surface area (Å²) in [7, 11) is 0. The molecule has 32 heavy (non-hydrogen) atoms. The van der Waals surface area contributed by atoms with Gasteiger partial charge in [0, 0.05) is 16.8 Å². The number of hydrogen-bond donors (Lipinski definition) is 4. The Morgan fingerprint density at radius 3 is 2.72 bits per heavy atom. The number of halogens is 3. The predicted octanol–water partition coefficient (Wildman–Crippen LogP) is 5.04. The minimum absolute atomic E-state index is 0.0102. The maximum absolute atomic E-state index is 12.5. The number of carboxylic acid groups (broad SMARTS) is 1. The number of benzene rings is 1. The van der Waals surface area contributed by atoms with E-state index < -0.39 is 17.5 Å². The SMILES string of the molecule is O=C(Nc1cccc(SC(F)(F)F)c1)Nc1ncc(-c2cc(C(=O)O)c3cn[nH]c3n2)s1. The lowest BCUT2D eigenvalue weighted by atomic mass is 10.1. The van der Waals surface area contributed by atoms with Crippen LogP contribution in [0.25, 0.3) is 21.6 Å². The van der Waals surface area contributed by atoms with Crippen LogP contribution in [0.5, 0.6) is 0 Å². The van der Waals surface area contributed by atoms with Crippen molar-refractivity contribution in [1.82, 2.24) is 20.2 Å². The standard InChI is InChI=1S/C18H11F3N6O3S2/c19-18(20,21)32-9-3-1-2-8(4-9)24-16(30)26-17-22-7-13(31-17)12-5-10(15(28)29)11-6-23-27-14(11)25-12/h1-7H,(H,28,29)(H,23,25,27)(H2,22,24,26,30). The highest BCUT2D eigenvalue weighted by atomic mass is 32.2. The highest BCUT2D eigenvalue weighted by molar-refractivity contribution is 8.00. The number of aromatic nitrogens is 4. The van der Waals surface area contributed by atoms with Gasteiger partial charge < -0.3 is 10.4 Å². The molecule has 0 spiro atoms. The average Bonchev–Trinajstić information content (AvgIpc) is 3.35. The Balaban J connectivity index is 1.48. The molecule has 3 heterocycles. The van der Waals surface area contributed by atoms with E-state index in [1.807, 2.05) is 0 Å². The number of alkyl halides is 3. The summed E-state index contributed by atoms with van der Waals surface area (Å²) in [6.45, 7) is 0. The number of nitrogens with zero attached hydrogens (tertiary/aromatic N) is 3. The van der Waals surface area contributed by atoms with Crippen LogP contribution in [0.1, 0.15) is 10.4 Å². The minimum atomic E-state index is -4.44. The van der Waals surface area contributed by atoms with E-state index in [2.05, 4.69) is 30.8 Å². The quantitative estimate of drug-likeness (QED) is 0.294. The smallest absolute Gasteiger partial charge is 0.446 e. The van der Waals surface area contributed by atoms with Gasteiger partial charge in [-0.2, -0.15) is 18.3 Å². The minimum Gasteiger partial charge on any atom is -0.478 e. The zero-order valence-corrected chi connectivity index (χ0v) is 17.2. The van der Waals surface area contributed by atoms with Crippen molar-refractivity contribution in [1.29, 1.82) is 0 Å². The fraction of sp³-hybridized carbons (Fsp3) is 0.0556. The van der Waals surface area contributed by atoms with Crippen molar-refractivity contribution < 1.29 is 27.9 Å². The van der Waals surface area contributed by atoms with Crippen molar-refractivity contribution in [2.24, 2.45) is 0 Å². The molecule has 4 rings (SSSR count). The van der Waals surface area contributed by atoms with Gasteiger partial charge in [0.1, 0.15) is 0 Å². The van der Waals surface area contributed by atoms with Crippen LogP contribution in [-0.4, -0.2) is 42.8 Å². The van der Waals surface area contributed by atoms with Crippen molar-refractivity contribution in [3.63, 3.8) is 0 Å². The lowest BCUT2D eigenvalue weighted by Crippen LogP contribution is -2.19. The Bertz CT molecular complexity index is 1320. The Hall–Kier alpha value is -3.65. The van der Waals surface area contributed by atoms with Crippen LogP contribution < -0.4 is 10.6 Å². The van der Waals surface area contributed by atoms with Crippen molar-refractivity contribution in [2.75, 3.05) is 10.6 Å². The molecule has 4 aromatic rings. The Kier molecular flexibility index (Phi) is 5.71. The number of carbonyl (C=O) groups excluding carboxylic acids is 1. The van der Waals surface area contributed by atoms with E-state index in [1.165, 1.54) is 42.7 Å². The number of nitrogens with one attached hydrogen (secondary N) is 3. The molecule has 0 aliphatic rings. The second kappa shape index (κ2) is 8.47. The second-order valence-electron chi connectivity index (χ2n) is 6.18. The zero-order chi connectivity index (χ0) is 22.9. The first-order valence-corrected chi connectivity index (χ1v) is 10.3. The summed E-state index contributed by atoms with van der Waals surface area (Å²) in [4.78, 5) is 32.5. The van der Waals surface area contributed by atoms with Gasteiger partial charge in [-0.25, -0.2) is 19.6 Å². The number of hydrogen-bond acceptors (Lipinski definition) is 7. The van der Waals surface area contributed by atoms with Gasteiger partial charge in [-0.05, 0) is 36.0 Å². The predicted molar refractivity (Wildman–Crippen MR) is 113 cm³/mol. The van der Waals surface area contributed by atoms with E-state index in [0.717, 1.165) is 11.3 Å². The van der Waals surface area contributed by atoms with E-state index in [1.54, 1.807) is 0 Å². The Morgan fingerprint density at radius 1 is 1.16 bits per heavy atom. The highest BCUT2D eigenvalue weighted by Gasteiger charge is 2.29. The number of carboxylic acids is 1. The molecule has 3 aromatic heterocycles. The third kappa shape index (κ3) is 4.97. The van der Waals surface area contributed by atoms with Gasteiger partial charge in [-0.15, -0.1) is 0 Å². The first-order chi connectivity index (χ1) is 15.2. The summed E-state index contributed by atoms with van der Waals surface area (Å²) >= 11 is 0.755. The first-order valence-electron chi connectivity index (χ1n) is 8.65. The fourth-order valence-corrected chi connectivity index (χ4v) is 4.08. The molecule has 0 aliphatic carbocycles. The number of amides is 2. The van der Waals surface area contributed by atoms with Gasteiger partial charge in [-0.1, -0.05) is 17.4 Å². The Labute approximate surface area is 185 Å². The monoisotopic (exact) mass is 480 g/mol. The lowest BCUT2D eigenvalue weighted by Gasteiger charge is -2.09. The number of aromatic amines is 1. The summed E-state index contributed by atoms with van der Waals surface area (Å²) in [5.74, 6) is -1.15. The van der Waals surface area contributed by atoms with Gasteiger partial charge >= 0.3 is 17.5 Å². The molecule has 0 aliphatic heterocycles. The molecule has 14 heteroatoms. The van der Waals surface area contributed by atoms with Crippen LogP contribution in [0, 0.1) is 0 Å². The van der Waals surface area contributed by atoms with Gasteiger partial charge in [-0.3, -0.25) is 10.4 Å². The molecule has 0 fully saturated rings. The number of H-pyrrole nitrogens is 1. The van der Waals surface area contributed by atoms with Crippen molar-refractivity contribution >= 4 is 57.0 Å². The molecule has 4 N–H and O–H groups in total. The fourth-order valence-electron chi connectivity index (χ4n) is 2.71. The summed E-state index contributed by atoms with van der Waals surface area (Å²) < 4.78 is 37.5. The topological polar surface area (TPSA) is 133 Å². The number of carbonyl (C=O) groups is 2. The number of aromatic carboxylic acids is 1. The maximum Gasteiger partial charge on any atom is 0.446 e. The summed E-state index contributed by atoms with van der Waals surface area (Å²) in [5, 5.41) is 21.3. The van der Waals surface area contributed by atoms with Crippen molar-refractivity contribution in [3.8, 4) is 10.6 Å². The molecule has 1 aromatic carbocycles. The lowest BCUT2D eigenvalue weighted by molar-refractivity contribution is -0.0328. The molecule has 0 saturated carbocycles. The number of urea groups is 1. The molecular formula is C18H11F3N6O3S2. The third-order valence-corrected chi connectivity index (χ3v) is 5.61. The molecule has 0 radical (unpaired) electrons. The van der Waals surface area contributed by atoms with E-state index in [9.17, 15) is 27.9 Å². The molecule has 0 bridgehead atoms. The van der Waals surface area contributed by atoms with Gasteiger partial charge in [0.25, 0.3) is 0 Å². The summed E-state index contributed by atoms with van der Waals surface area (Å²) in [5.41, 5.74) is -3.65. The molecule has 0 saturated heterocycles.